The Morgan fingerprint density at radius 2 is 1.66 bits per heavy atom. The van der Waals surface area contributed by atoms with Gasteiger partial charge in [-0.3, -0.25) is 9.69 Å². The molecule has 0 unspecified atom stereocenters. The molecule has 1 aliphatic heterocycles. The summed E-state index contributed by atoms with van der Waals surface area (Å²) in [5.74, 6) is -0.929. The van der Waals surface area contributed by atoms with Crippen molar-refractivity contribution in [2.24, 2.45) is 0 Å². The molecule has 29 heavy (non-hydrogen) atoms. The average molecular weight is 396 g/mol. The number of rotatable bonds is 5. The van der Waals surface area contributed by atoms with Gasteiger partial charge in [-0.25, -0.2) is 8.78 Å². The van der Waals surface area contributed by atoms with Crippen molar-refractivity contribution in [3.8, 4) is 0 Å². The molecule has 1 aliphatic rings. The average Bonchev–Trinajstić information content (AvgIpc) is 3.28. The molecular formula is C23H22F2N2O2. The molecule has 0 spiro atoms. The van der Waals surface area contributed by atoms with Crippen LogP contribution in [-0.4, -0.2) is 29.9 Å². The van der Waals surface area contributed by atoms with Crippen LogP contribution in [0.15, 0.2) is 71.3 Å². The first-order valence-corrected chi connectivity index (χ1v) is 9.71. The van der Waals surface area contributed by atoms with Gasteiger partial charge in [0.25, 0.3) is 5.91 Å². The molecule has 0 N–H and O–H groups in total. The van der Waals surface area contributed by atoms with Crippen molar-refractivity contribution >= 4 is 11.6 Å². The molecule has 1 aromatic heterocycles. The van der Waals surface area contributed by atoms with Crippen molar-refractivity contribution in [3.63, 3.8) is 0 Å². The Hall–Kier alpha value is -2.99. The fraction of sp³-hybridized carbons (Fsp3) is 0.261. The molecule has 2 aromatic carbocycles. The fourth-order valence-electron chi connectivity index (χ4n) is 3.84. The molecule has 2 heterocycles. The topological polar surface area (TPSA) is 36.7 Å². The Morgan fingerprint density at radius 3 is 2.28 bits per heavy atom. The van der Waals surface area contributed by atoms with Crippen molar-refractivity contribution in [3.05, 3.63) is 89.9 Å². The largest absolute Gasteiger partial charge is 0.459 e. The maximum absolute atomic E-state index is 14.0. The number of hydrogen-bond donors (Lipinski definition) is 0. The maximum atomic E-state index is 14.0. The number of hydrogen-bond acceptors (Lipinski definition) is 3. The number of amides is 1. The standard InChI is InChI=1S/C23H22F2N2O2/c24-20-8-4-9-21(25)19(20)16-26-13-11-18(12-14-26)27(17-6-2-1-3-7-17)23(28)22-10-5-15-29-22/h1-10,15,18H,11-14,16H2. The number of halogens is 2. The van der Waals surface area contributed by atoms with Crippen LogP contribution in [0.5, 0.6) is 0 Å². The van der Waals surface area contributed by atoms with Crippen LogP contribution in [0, 0.1) is 11.6 Å². The van der Waals surface area contributed by atoms with Gasteiger partial charge >= 0.3 is 0 Å². The Morgan fingerprint density at radius 1 is 0.966 bits per heavy atom. The molecule has 150 valence electrons. The van der Waals surface area contributed by atoms with E-state index in [1.165, 1.54) is 24.5 Å². The van der Waals surface area contributed by atoms with E-state index in [1.807, 2.05) is 35.2 Å². The highest BCUT2D eigenvalue weighted by Crippen LogP contribution is 2.27. The van der Waals surface area contributed by atoms with Gasteiger partial charge in [0.2, 0.25) is 0 Å². The van der Waals surface area contributed by atoms with Crippen LogP contribution in [0.25, 0.3) is 0 Å². The van der Waals surface area contributed by atoms with Crippen LogP contribution in [0.1, 0.15) is 29.0 Å². The summed E-state index contributed by atoms with van der Waals surface area (Å²) in [6.07, 6.45) is 2.90. The number of para-hydroxylation sites is 1. The molecule has 4 nitrogen and oxygen atoms in total. The number of likely N-dealkylation sites (tertiary alicyclic amines) is 1. The SMILES string of the molecule is O=C(c1ccco1)N(c1ccccc1)C1CCN(Cc2c(F)cccc2F)CC1. The molecule has 1 amide bonds. The second-order valence-corrected chi connectivity index (χ2v) is 7.20. The monoisotopic (exact) mass is 396 g/mol. The number of carbonyl (C=O) groups is 1. The highest BCUT2D eigenvalue weighted by Gasteiger charge is 2.31. The first kappa shape index (κ1) is 19.3. The molecule has 4 rings (SSSR count). The van der Waals surface area contributed by atoms with Gasteiger partial charge in [-0.05, 0) is 49.2 Å². The van der Waals surface area contributed by atoms with E-state index in [-0.39, 0.29) is 24.1 Å². The summed E-state index contributed by atoms with van der Waals surface area (Å²) in [6, 6.07) is 16.8. The van der Waals surface area contributed by atoms with Gasteiger partial charge in [-0.15, -0.1) is 0 Å². The van der Waals surface area contributed by atoms with Gasteiger partial charge in [-0.2, -0.15) is 0 Å². The molecular weight excluding hydrogens is 374 g/mol. The summed E-state index contributed by atoms with van der Waals surface area (Å²) in [5.41, 5.74) is 0.907. The van der Waals surface area contributed by atoms with E-state index in [1.54, 1.807) is 17.0 Å². The maximum Gasteiger partial charge on any atom is 0.294 e. The molecule has 6 heteroatoms. The number of furan rings is 1. The van der Waals surface area contributed by atoms with Gasteiger partial charge < -0.3 is 9.32 Å². The number of nitrogens with zero attached hydrogens (tertiary/aromatic N) is 2. The van der Waals surface area contributed by atoms with Crippen molar-refractivity contribution in [1.82, 2.24) is 4.90 Å². The molecule has 0 bridgehead atoms. The predicted molar refractivity (Wildman–Crippen MR) is 107 cm³/mol. The third-order valence-electron chi connectivity index (χ3n) is 5.35. The van der Waals surface area contributed by atoms with E-state index >= 15 is 0 Å². The van der Waals surface area contributed by atoms with Crippen molar-refractivity contribution < 1.29 is 18.0 Å². The van der Waals surface area contributed by atoms with Gasteiger partial charge in [0.05, 0.1) is 6.26 Å². The zero-order chi connectivity index (χ0) is 20.2. The predicted octanol–water partition coefficient (Wildman–Crippen LogP) is 4.87. The smallest absolute Gasteiger partial charge is 0.294 e. The number of piperidine rings is 1. The van der Waals surface area contributed by atoms with E-state index in [0.29, 0.717) is 31.7 Å². The molecule has 1 saturated heterocycles. The normalized spacial score (nSPS) is 15.4. The van der Waals surface area contributed by atoms with E-state index < -0.39 is 11.6 Å². The van der Waals surface area contributed by atoms with Crippen LogP contribution in [0.2, 0.25) is 0 Å². The summed E-state index contributed by atoms with van der Waals surface area (Å²) < 4.78 is 33.3. The van der Waals surface area contributed by atoms with Crippen LogP contribution in [-0.2, 0) is 6.54 Å². The molecule has 0 saturated carbocycles. The summed E-state index contributed by atoms with van der Waals surface area (Å²) in [4.78, 5) is 16.9. The van der Waals surface area contributed by atoms with Crippen LogP contribution in [0.4, 0.5) is 14.5 Å². The lowest BCUT2D eigenvalue weighted by Crippen LogP contribution is -2.47. The highest BCUT2D eigenvalue weighted by atomic mass is 19.1. The molecule has 0 atom stereocenters. The summed E-state index contributed by atoms with van der Waals surface area (Å²) in [6.45, 7) is 1.52. The molecule has 0 aliphatic carbocycles. The first-order chi connectivity index (χ1) is 14.1. The molecule has 1 fully saturated rings. The molecule has 0 radical (unpaired) electrons. The van der Waals surface area contributed by atoms with Crippen molar-refractivity contribution in [2.45, 2.75) is 25.4 Å². The second kappa shape index (κ2) is 8.57. The van der Waals surface area contributed by atoms with Crippen LogP contribution < -0.4 is 4.90 Å². The van der Waals surface area contributed by atoms with Gasteiger partial charge in [0.1, 0.15) is 11.6 Å². The number of carbonyl (C=O) groups excluding carboxylic acids is 1. The minimum Gasteiger partial charge on any atom is -0.459 e. The summed E-state index contributed by atoms with van der Waals surface area (Å²) in [7, 11) is 0. The van der Waals surface area contributed by atoms with Crippen LogP contribution >= 0.6 is 0 Å². The first-order valence-electron chi connectivity index (χ1n) is 9.71. The Bertz CT molecular complexity index is 932. The Kier molecular flexibility index (Phi) is 5.71. The zero-order valence-corrected chi connectivity index (χ0v) is 15.9. The third-order valence-corrected chi connectivity index (χ3v) is 5.35. The Balaban J connectivity index is 1.49. The second-order valence-electron chi connectivity index (χ2n) is 7.20. The lowest BCUT2D eigenvalue weighted by atomic mass is 10.0. The fourth-order valence-corrected chi connectivity index (χ4v) is 3.84. The summed E-state index contributed by atoms with van der Waals surface area (Å²) in [5, 5.41) is 0. The minimum atomic E-state index is -0.522. The molecule has 3 aromatic rings. The highest BCUT2D eigenvalue weighted by molar-refractivity contribution is 6.04. The lowest BCUT2D eigenvalue weighted by Gasteiger charge is -2.38. The zero-order valence-electron chi connectivity index (χ0n) is 15.9. The van der Waals surface area contributed by atoms with E-state index in [9.17, 15) is 13.6 Å². The van der Waals surface area contributed by atoms with Crippen molar-refractivity contribution in [2.75, 3.05) is 18.0 Å². The van der Waals surface area contributed by atoms with Gasteiger partial charge in [-0.1, -0.05) is 24.3 Å². The lowest BCUT2D eigenvalue weighted by molar-refractivity contribution is 0.0931. The van der Waals surface area contributed by atoms with E-state index in [4.69, 9.17) is 4.42 Å². The minimum absolute atomic E-state index is 0.0169. The van der Waals surface area contributed by atoms with Crippen LogP contribution in [0.3, 0.4) is 0 Å². The number of anilines is 1. The van der Waals surface area contributed by atoms with Gasteiger partial charge in [0, 0.05) is 36.9 Å². The number of benzene rings is 2. The van der Waals surface area contributed by atoms with E-state index in [2.05, 4.69) is 0 Å². The quantitative estimate of drug-likeness (QED) is 0.617. The third kappa shape index (κ3) is 4.22. The Labute approximate surface area is 168 Å². The van der Waals surface area contributed by atoms with E-state index in [0.717, 1.165) is 5.69 Å². The summed E-state index contributed by atoms with van der Waals surface area (Å²) >= 11 is 0. The van der Waals surface area contributed by atoms with Gasteiger partial charge in [0.15, 0.2) is 5.76 Å². The van der Waals surface area contributed by atoms with Crippen molar-refractivity contribution in [1.29, 1.82) is 0 Å².